The Balaban J connectivity index is 1.63. The van der Waals surface area contributed by atoms with Crippen molar-refractivity contribution in [2.75, 3.05) is 13.1 Å². The lowest BCUT2D eigenvalue weighted by Crippen LogP contribution is -2.43. The highest BCUT2D eigenvalue weighted by atomic mass is 16.6. The quantitative estimate of drug-likeness (QED) is 0.926. The molecule has 3 rings (SSSR count). The van der Waals surface area contributed by atoms with Crippen LogP contribution in [0, 0.1) is 5.92 Å². The number of hydrogen-bond acceptors (Lipinski definition) is 5. The number of H-pyrrole nitrogens is 1. The summed E-state index contributed by atoms with van der Waals surface area (Å²) in [5.74, 6) is 0.371. The van der Waals surface area contributed by atoms with Crippen LogP contribution in [-0.4, -0.2) is 49.8 Å². The average molecular weight is 343 g/mol. The van der Waals surface area contributed by atoms with Gasteiger partial charge in [0.25, 0.3) is 0 Å². The molecule has 2 aromatic rings. The third-order valence-corrected chi connectivity index (χ3v) is 4.15. The third-order valence-electron chi connectivity index (χ3n) is 4.15. The highest BCUT2D eigenvalue weighted by Gasteiger charge is 2.28. The number of nitrogens with zero attached hydrogens (tertiary/aromatic N) is 4. The predicted molar refractivity (Wildman–Crippen MR) is 93.8 cm³/mol. The molecule has 0 aromatic carbocycles. The monoisotopic (exact) mass is 343 g/mol. The molecule has 1 N–H and O–H groups in total. The Labute approximate surface area is 147 Å². The van der Waals surface area contributed by atoms with E-state index in [1.165, 1.54) is 0 Å². The second kappa shape index (κ2) is 7.21. The minimum Gasteiger partial charge on any atom is -0.444 e. The number of aromatic amines is 1. The van der Waals surface area contributed by atoms with Crippen molar-refractivity contribution in [1.82, 2.24) is 25.1 Å². The van der Waals surface area contributed by atoms with E-state index in [0.717, 1.165) is 42.8 Å². The van der Waals surface area contributed by atoms with E-state index in [-0.39, 0.29) is 6.09 Å². The summed E-state index contributed by atoms with van der Waals surface area (Å²) in [6.45, 7) is 7.13. The first-order valence-electron chi connectivity index (χ1n) is 8.69. The molecule has 3 heterocycles. The predicted octanol–water partition coefficient (Wildman–Crippen LogP) is 3.06. The van der Waals surface area contributed by atoms with Gasteiger partial charge in [0.2, 0.25) is 0 Å². The number of ether oxygens (including phenoxy) is 1. The van der Waals surface area contributed by atoms with E-state index in [0.29, 0.717) is 12.5 Å². The van der Waals surface area contributed by atoms with Crippen LogP contribution in [0.2, 0.25) is 0 Å². The largest absolute Gasteiger partial charge is 0.444 e. The number of likely N-dealkylation sites (tertiary alicyclic amines) is 1. The van der Waals surface area contributed by atoms with Gasteiger partial charge in [-0.2, -0.15) is 5.10 Å². The number of hydrogen-bond donors (Lipinski definition) is 1. The fourth-order valence-electron chi connectivity index (χ4n) is 3.05. The Kier molecular flexibility index (Phi) is 5.01. The molecule has 0 bridgehead atoms. The molecule has 2 aromatic heterocycles. The summed E-state index contributed by atoms with van der Waals surface area (Å²) in [5, 5.41) is 6.74. The molecule has 0 aliphatic carbocycles. The van der Waals surface area contributed by atoms with Gasteiger partial charge in [0.05, 0.1) is 23.8 Å². The fourth-order valence-corrected chi connectivity index (χ4v) is 3.05. The number of rotatable bonds is 3. The normalized spacial score (nSPS) is 18.2. The fraction of sp³-hybridized carbons (Fsp3) is 0.556. The molecule has 134 valence electrons. The van der Waals surface area contributed by atoms with Crippen LogP contribution < -0.4 is 0 Å². The Morgan fingerprint density at radius 2 is 2.20 bits per heavy atom. The Bertz CT molecular complexity index is 709. The Morgan fingerprint density at radius 3 is 2.92 bits per heavy atom. The number of piperidine rings is 1. The van der Waals surface area contributed by atoms with Crippen molar-refractivity contribution in [2.45, 2.75) is 45.6 Å². The molecule has 25 heavy (non-hydrogen) atoms. The van der Waals surface area contributed by atoms with Crippen molar-refractivity contribution in [3.63, 3.8) is 0 Å². The zero-order valence-corrected chi connectivity index (χ0v) is 15.0. The zero-order valence-electron chi connectivity index (χ0n) is 15.0. The van der Waals surface area contributed by atoms with E-state index in [9.17, 15) is 4.79 Å². The molecule has 7 heteroatoms. The molecule has 1 amide bonds. The van der Waals surface area contributed by atoms with Gasteiger partial charge in [0.1, 0.15) is 5.60 Å². The summed E-state index contributed by atoms with van der Waals surface area (Å²) < 4.78 is 5.49. The molecule has 0 saturated carbocycles. The smallest absolute Gasteiger partial charge is 0.410 e. The van der Waals surface area contributed by atoms with Gasteiger partial charge in [0.15, 0.2) is 0 Å². The van der Waals surface area contributed by atoms with E-state index >= 15 is 0 Å². The maximum absolute atomic E-state index is 12.3. The molecule has 7 nitrogen and oxygen atoms in total. The number of amides is 1. The van der Waals surface area contributed by atoms with Gasteiger partial charge in [-0.3, -0.25) is 10.1 Å². The molecule has 0 unspecified atom stereocenters. The van der Waals surface area contributed by atoms with Gasteiger partial charge in [-0.15, -0.1) is 0 Å². The number of carbonyl (C=O) groups excluding carboxylic acids is 1. The SMILES string of the molecule is CC(C)(C)OC(=O)N1CCC[C@H](Cc2cncc(-c3cn[nH]c3)n2)C1. The van der Waals surface area contributed by atoms with Gasteiger partial charge < -0.3 is 9.64 Å². The number of aromatic nitrogens is 4. The summed E-state index contributed by atoms with van der Waals surface area (Å²) in [6, 6.07) is 0. The lowest BCUT2D eigenvalue weighted by Gasteiger charge is -2.34. The zero-order chi connectivity index (χ0) is 17.9. The van der Waals surface area contributed by atoms with Crippen LogP contribution in [0.3, 0.4) is 0 Å². The van der Waals surface area contributed by atoms with Crippen molar-refractivity contribution in [3.05, 3.63) is 30.5 Å². The van der Waals surface area contributed by atoms with Gasteiger partial charge >= 0.3 is 6.09 Å². The summed E-state index contributed by atoms with van der Waals surface area (Å²) in [7, 11) is 0. The van der Waals surface area contributed by atoms with Crippen LogP contribution in [0.25, 0.3) is 11.3 Å². The van der Waals surface area contributed by atoms with Crippen molar-refractivity contribution in [2.24, 2.45) is 5.92 Å². The van der Waals surface area contributed by atoms with E-state index in [1.54, 1.807) is 24.8 Å². The van der Waals surface area contributed by atoms with Crippen LogP contribution >= 0.6 is 0 Å². The molecule has 1 aliphatic heterocycles. The Morgan fingerprint density at radius 1 is 1.36 bits per heavy atom. The van der Waals surface area contributed by atoms with Crippen LogP contribution in [0.4, 0.5) is 4.79 Å². The molecule has 0 spiro atoms. The van der Waals surface area contributed by atoms with E-state index in [1.807, 2.05) is 25.7 Å². The van der Waals surface area contributed by atoms with Crippen LogP contribution in [0.5, 0.6) is 0 Å². The average Bonchev–Trinajstić information content (AvgIpc) is 3.08. The second-order valence-electron chi connectivity index (χ2n) is 7.52. The molecular formula is C18H25N5O2. The molecule has 1 saturated heterocycles. The van der Waals surface area contributed by atoms with Gasteiger partial charge in [-0.05, 0) is 46.0 Å². The molecular weight excluding hydrogens is 318 g/mol. The first-order valence-corrected chi connectivity index (χ1v) is 8.69. The van der Waals surface area contributed by atoms with Crippen molar-refractivity contribution >= 4 is 6.09 Å². The molecule has 1 fully saturated rings. The lowest BCUT2D eigenvalue weighted by atomic mass is 9.93. The number of carbonyl (C=O) groups is 1. The van der Waals surface area contributed by atoms with Gasteiger partial charge in [-0.1, -0.05) is 0 Å². The molecule has 0 radical (unpaired) electrons. The highest BCUT2D eigenvalue weighted by Crippen LogP contribution is 2.23. The van der Waals surface area contributed by atoms with Crippen molar-refractivity contribution in [1.29, 1.82) is 0 Å². The van der Waals surface area contributed by atoms with Crippen molar-refractivity contribution < 1.29 is 9.53 Å². The maximum Gasteiger partial charge on any atom is 0.410 e. The Hall–Kier alpha value is -2.44. The summed E-state index contributed by atoms with van der Waals surface area (Å²) in [4.78, 5) is 23.1. The maximum atomic E-state index is 12.3. The second-order valence-corrected chi connectivity index (χ2v) is 7.52. The first-order chi connectivity index (χ1) is 11.9. The van der Waals surface area contributed by atoms with Crippen LogP contribution in [-0.2, 0) is 11.2 Å². The number of nitrogens with one attached hydrogen (secondary N) is 1. The van der Waals surface area contributed by atoms with Gasteiger partial charge in [-0.25, -0.2) is 9.78 Å². The van der Waals surface area contributed by atoms with E-state index < -0.39 is 5.60 Å². The molecule has 1 aliphatic rings. The summed E-state index contributed by atoms with van der Waals surface area (Å²) in [6.07, 6.45) is 9.72. The first kappa shape index (κ1) is 17.4. The van der Waals surface area contributed by atoms with Crippen LogP contribution in [0.15, 0.2) is 24.8 Å². The third kappa shape index (κ3) is 4.78. The van der Waals surface area contributed by atoms with Gasteiger partial charge in [0, 0.05) is 31.0 Å². The lowest BCUT2D eigenvalue weighted by molar-refractivity contribution is 0.0165. The summed E-state index contributed by atoms with van der Waals surface area (Å²) in [5.41, 5.74) is 2.21. The van der Waals surface area contributed by atoms with Crippen molar-refractivity contribution in [3.8, 4) is 11.3 Å². The van der Waals surface area contributed by atoms with Crippen LogP contribution in [0.1, 0.15) is 39.3 Å². The topological polar surface area (TPSA) is 84.0 Å². The standard InChI is InChI=1S/C18H25N5O2/c1-18(2,3)25-17(24)23-6-4-5-13(12-23)7-15-10-19-11-16(22-15)14-8-20-21-9-14/h8-11,13H,4-7,12H2,1-3H3,(H,20,21)/t13-/m1/s1. The molecule has 1 atom stereocenters. The van der Waals surface area contributed by atoms with E-state index in [4.69, 9.17) is 4.74 Å². The highest BCUT2D eigenvalue weighted by molar-refractivity contribution is 5.68. The van der Waals surface area contributed by atoms with E-state index in [2.05, 4.69) is 20.2 Å². The minimum atomic E-state index is -0.464. The minimum absolute atomic E-state index is 0.226. The summed E-state index contributed by atoms with van der Waals surface area (Å²) >= 11 is 0.